The van der Waals surface area contributed by atoms with Crippen molar-refractivity contribution in [2.45, 2.75) is 0 Å². The van der Waals surface area contributed by atoms with E-state index in [2.05, 4.69) is 4.72 Å². The van der Waals surface area contributed by atoms with Crippen molar-refractivity contribution in [2.75, 3.05) is 31.7 Å². The molecule has 16 heavy (non-hydrogen) atoms. The molecule has 0 heterocycles. The van der Waals surface area contributed by atoms with Gasteiger partial charge in [0.05, 0.1) is 18.5 Å². The van der Waals surface area contributed by atoms with Crippen molar-refractivity contribution in [3.63, 3.8) is 0 Å². The summed E-state index contributed by atoms with van der Waals surface area (Å²) < 4.78 is 31.4. The Bertz CT molecular complexity index is 471. The first-order valence-corrected chi connectivity index (χ1v) is 5.94. The van der Waals surface area contributed by atoms with Crippen LogP contribution < -0.4 is 15.2 Å². The van der Waals surface area contributed by atoms with E-state index in [1.807, 2.05) is 0 Å². The van der Waals surface area contributed by atoms with Crippen molar-refractivity contribution in [1.29, 1.82) is 0 Å². The molecule has 0 atom stereocenters. The number of nitrogens with one attached hydrogen (secondary N) is 1. The van der Waals surface area contributed by atoms with Crippen molar-refractivity contribution >= 4 is 21.6 Å². The van der Waals surface area contributed by atoms with Crippen LogP contribution in [0.4, 0.5) is 11.4 Å². The van der Waals surface area contributed by atoms with Crippen LogP contribution in [0.2, 0.25) is 0 Å². The van der Waals surface area contributed by atoms with E-state index in [4.69, 9.17) is 10.5 Å². The van der Waals surface area contributed by atoms with Crippen LogP contribution in [0.15, 0.2) is 18.2 Å². The van der Waals surface area contributed by atoms with Gasteiger partial charge in [0, 0.05) is 20.2 Å². The number of ether oxygens (including phenoxy) is 1. The molecule has 0 spiro atoms. The number of methoxy groups -OCH3 is 1. The minimum absolute atomic E-state index is 0.310. The fourth-order valence-corrected chi connectivity index (χ4v) is 1.64. The molecule has 0 saturated heterocycles. The highest BCUT2D eigenvalue weighted by atomic mass is 32.2. The maximum Gasteiger partial charge on any atom is 0.301 e. The number of nitrogens with zero attached hydrogens (tertiary/aromatic N) is 1. The zero-order valence-electron chi connectivity index (χ0n) is 9.39. The first-order valence-electron chi connectivity index (χ1n) is 4.50. The third kappa shape index (κ3) is 2.77. The summed E-state index contributed by atoms with van der Waals surface area (Å²) >= 11 is 0. The summed E-state index contributed by atoms with van der Waals surface area (Å²) in [5.41, 5.74) is 6.32. The Morgan fingerprint density at radius 3 is 2.44 bits per heavy atom. The van der Waals surface area contributed by atoms with E-state index in [-0.39, 0.29) is 0 Å². The predicted molar refractivity (Wildman–Crippen MR) is 63.6 cm³/mol. The molecule has 90 valence electrons. The Labute approximate surface area is 95.2 Å². The fourth-order valence-electron chi connectivity index (χ4n) is 0.991. The molecule has 0 aliphatic heterocycles. The lowest BCUT2D eigenvalue weighted by molar-refractivity contribution is 0.415. The first kappa shape index (κ1) is 12.6. The van der Waals surface area contributed by atoms with E-state index in [9.17, 15) is 8.42 Å². The third-order valence-electron chi connectivity index (χ3n) is 1.98. The standard InChI is InChI=1S/C9H15N3O3S/c1-12(2)16(13,14)11-9-5-4-7(15-3)6-8(9)10/h4-6,11H,10H2,1-3H3. The Balaban J connectivity index is 2.99. The molecule has 0 fully saturated rings. The SMILES string of the molecule is COc1ccc(NS(=O)(=O)N(C)C)c(N)c1. The van der Waals surface area contributed by atoms with Crippen LogP contribution in [0.3, 0.4) is 0 Å². The Morgan fingerprint density at radius 2 is 2.00 bits per heavy atom. The maximum absolute atomic E-state index is 11.5. The number of hydrogen-bond acceptors (Lipinski definition) is 4. The fraction of sp³-hybridized carbons (Fsp3) is 0.333. The summed E-state index contributed by atoms with van der Waals surface area (Å²) in [6.07, 6.45) is 0. The molecule has 1 rings (SSSR count). The van der Waals surface area contributed by atoms with E-state index in [0.29, 0.717) is 17.1 Å². The van der Waals surface area contributed by atoms with Crippen molar-refractivity contribution in [3.8, 4) is 5.75 Å². The third-order valence-corrected chi connectivity index (χ3v) is 3.42. The zero-order valence-corrected chi connectivity index (χ0v) is 10.2. The Kier molecular flexibility index (Phi) is 3.61. The molecular formula is C9H15N3O3S. The summed E-state index contributed by atoms with van der Waals surface area (Å²) in [7, 11) is 0.847. The van der Waals surface area contributed by atoms with Gasteiger partial charge in [-0.05, 0) is 12.1 Å². The molecule has 6 nitrogen and oxygen atoms in total. The Morgan fingerprint density at radius 1 is 1.38 bits per heavy atom. The minimum atomic E-state index is -3.53. The second-order valence-corrected chi connectivity index (χ2v) is 5.23. The van der Waals surface area contributed by atoms with Crippen LogP contribution in [0, 0.1) is 0 Å². The van der Waals surface area contributed by atoms with Gasteiger partial charge in [0.1, 0.15) is 5.75 Å². The lowest BCUT2D eigenvalue weighted by atomic mass is 10.2. The van der Waals surface area contributed by atoms with E-state index < -0.39 is 10.2 Å². The van der Waals surface area contributed by atoms with E-state index in [1.165, 1.54) is 21.2 Å². The summed E-state index contributed by atoms with van der Waals surface area (Å²) in [6.45, 7) is 0. The number of anilines is 2. The normalized spacial score (nSPS) is 11.5. The number of nitrogen functional groups attached to an aromatic ring is 1. The second-order valence-electron chi connectivity index (χ2n) is 3.34. The quantitative estimate of drug-likeness (QED) is 0.756. The van der Waals surface area contributed by atoms with Crippen molar-refractivity contribution < 1.29 is 13.2 Å². The molecular weight excluding hydrogens is 230 g/mol. The number of hydrogen-bond donors (Lipinski definition) is 2. The van der Waals surface area contributed by atoms with Gasteiger partial charge in [0.25, 0.3) is 0 Å². The van der Waals surface area contributed by atoms with Gasteiger partial charge < -0.3 is 10.5 Å². The van der Waals surface area contributed by atoms with Crippen molar-refractivity contribution in [1.82, 2.24) is 4.31 Å². The molecule has 0 radical (unpaired) electrons. The highest BCUT2D eigenvalue weighted by Crippen LogP contribution is 2.25. The summed E-state index contributed by atoms with van der Waals surface area (Å²) in [4.78, 5) is 0. The molecule has 0 aromatic heterocycles. The molecule has 0 bridgehead atoms. The number of benzene rings is 1. The Hall–Kier alpha value is -1.47. The van der Waals surface area contributed by atoms with Gasteiger partial charge in [0.15, 0.2) is 0 Å². The van der Waals surface area contributed by atoms with Crippen molar-refractivity contribution in [3.05, 3.63) is 18.2 Å². The highest BCUT2D eigenvalue weighted by Gasteiger charge is 2.14. The molecule has 0 amide bonds. The van der Waals surface area contributed by atoms with Gasteiger partial charge in [-0.25, -0.2) is 0 Å². The van der Waals surface area contributed by atoms with Gasteiger partial charge in [-0.15, -0.1) is 0 Å². The van der Waals surface area contributed by atoms with Crippen LogP contribution in [0.1, 0.15) is 0 Å². The molecule has 7 heteroatoms. The van der Waals surface area contributed by atoms with Crippen LogP contribution in [0.5, 0.6) is 5.75 Å². The first-order chi connectivity index (χ1) is 7.36. The van der Waals surface area contributed by atoms with Gasteiger partial charge in [-0.2, -0.15) is 12.7 Å². The summed E-state index contributed by atoms with van der Waals surface area (Å²) in [6, 6.07) is 4.73. The molecule has 3 N–H and O–H groups in total. The van der Waals surface area contributed by atoms with Gasteiger partial charge in [0.2, 0.25) is 0 Å². The topological polar surface area (TPSA) is 84.7 Å². The summed E-state index contributed by atoms with van der Waals surface area (Å²) in [5, 5.41) is 0. The predicted octanol–water partition coefficient (Wildman–Crippen LogP) is 0.496. The van der Waals surface area contributed by atoms with Crippen molar-refractivity contribution in [2.24, 2.45) is 0 Å². The smallest absolute Gasteiger partial charge is 0.301 e. The molecule has 1 aromatic carbocycles. The van der Waals surface area contributed by atoms with Crippen LogP contribution >= 0.6 is 0 Å². The van der Waals surface area contributed by atoms with Crippen LogP contribution in [-0.2, 0) is 10.2 Å². The van der Waals surface area contributed by atoms with E-state index in [0.717, 1.165) is 4.31 Å². The van der Waals surface area contributed by atoms with Crippen LogP contribution in [-0.4, -0.2) is 33.9 Å². The van der Waals surface area contributed by atoms with Gasteiger partial charge in [-0.3, -0.25) is 4.72 Å². The van der Waals surface area contributed by atoms with Gasteiger partial charge in [-0.1, -0.05) is 0 Å². The molecule has 0 saturated carbocycles. The summed E-state index contributed by atoms with van der Waals surface area (Å²) in [5.74, 6) is 0.574. The second kappa shape index (κ2) is 4.58. The molecule has 0 aliphatic carbocycles. The number of nitrogens with two attached hydrogens (primary N) is 1. The van der Waals surface area contributed by atoms with Gasteiger partial charge >= 0.3 is 10.2 Å². The molecule has 0 aliphatic rings. The lowest BCUT2D eigenvalue weighted by Crippen LogP contribution is -2.29. The van der Waals surface area contributed by atoms with Crippen LogP contribution in [0.25, 0.3) is 0 Å². The lowest BCUT2D eigenvalue weighted by Gasteiger charge is -2.15. The largest absolute Gasteiger partial charge is 0.497 e. The number of rotatable bonds is 4. The molecule has 1 aromatic rings. The average Bonchev–Trinajstić information content (AvgIpc) is 2.20. The monoisotopic (exact) mass is 245 g/mol. The maximum atomic E-state index is 11.5. The highest BCUT2D eigenvalue weighted by molar-refractivity contribution is 7.90. The zero-order chi connectivity index (χ0) is 12.3. The minimum Gasteiger partial charge on any atom is -0.497 e. The van der Waals surface area contributed by atoms with E-state index >= 15 is 0 Å². The molecule has 0 unspecified atom stereocenters. The van der Waals surface area contributed by atoms with E-state index in [1.54, 1.807) is 18.2 Å². The average molecular weight is 245 g/mol.